The Balaban J connectivity index is 1.28. The number of aliphatic hydroxyl groups is 1. The predicted octanol–water partition coefficient (Wildman–Crippen LogP) is 6.13. The van der Waals surface area contributed by atoms with Crippen LogP contribution in [0.1, 0.15) is 67.0 Å². The van der Waals surface area contributed by atoms with Gasteiger partial charge in [-0.2, -0.15) is 0 Å². The van der Waals surface area contributed by atoms with Crippen LogP contribution in [0.5, 0.6) is 5.75 Å². The quantitative estimate of drug-likeness (QED) is 0.168. The second-order valence-electron chi connectivity index (χ2n) is 11.7. The number of aryl methyl sites for hydroxylation is 2. The molecule has 0 saturated carbocycles. The van der Waals surface area contributed by atoms with Crippen molar-refractivity contribution in [3.05, 3.63) is 117 Å². The van der Waals surface area contributed by atoms with Crippen molar-refractivity contribution in [3.8, 4) is 5.75 Å². The maximum Gasteiger partial charge on any atom is 0.573 e. The van der Waals surface area contributed by atoms with Gasteiger partial charge in [-0.15, -0.1) is 24.5 Å². The van der Waals surface area contributed by atoms with Crippen molar-refractivity contribution in [1.82, 2.24) is 20.5 Å². The Morgan fingerprint density at radius 3 is 2.51 bits per heavy atom. The third-order valence-electron chi connectivity index (χ3n) is 7.92. The summed E-state index contributed by atoms with van der Waals surface area (Å²) in [5.74, 6) is -0.928. The third kappa shape index (κ3) is 9.40. The van der Waals surface area contributed by atoms with Gasteiger partial charge in [-0.3, -0.25) is 9.59 Å². The number of hydrogen-bond donors (Lipinski definition) is 3. The number of ether oxygens (including phenoxy) is 1. The first-order valence-corrected chi connectivity index (χ1v) is 16.3. The molecule has 3 atom stereocenters. The SMILES string of the molecule is Cc1cc(C(=O)N[C@@H](Cc2ccccc2)[C@@H](O)CNCc2cccc(OC(F)(F)F)c2)cc(C(=O)N2CCC[C@@H]2c2nc(C)cs2)c1. The fourth-order valence-corrected chi connectivity index (χ4v) is 6.70. The van der Waals surface area contributed by atoms with Crippen LogP contribution < -0.4 is 15.4 Å². The number of nitrogens with zero attached hydrogens (tertiary/aromatic N) is 2. The van der Waals surface area contributed by atoms with E-state index in [9.17, 15) is 27.9 Å². The highest BCUT2D eigenvalue weighted by Crippen LogP contribution is 2.35. The Labute approximate surface area is 275 Å². The molecule has 8 nitrogen and oxygen atoms in total. The summed E-state index contributed by atoms with van der Waals surface area (Å²) >= 11 is 1.55. The first-order chi connectivity index (χ1) is 22.4. The van der Waals surface area contributed by atoms with E-state index in [1.807, 2.05) is 54.5 Å². The van der Waals surface area contributed by atoms with Crippen molar-refractivity contribution in [3.63, 3.8) is 0 Å². The van der Waals surface area contributed by atoms with Gasteiger partial charge in [0.15, 0.2) is 0 Å². The highest BCUT2D eigenvalue weighted by atomic mass is 32.1. The monoisotopic (exact) mass is 666 g/mol. The largest absolute Gasteiger partial charge is 0.573 e. The minimum Gasteiger partial charge on any atom is -0.406 e. The van der Waals surface area contributed by atoms with Gasteiger partial charge in [-0.25, -0.2) is 4.98 Å². The number of carbonyl (C=O) groups excluding carboxylic acids is 2. The summed E-state index contributed by atoms with van der Waals surface area (Å²) in [5.41, 5.74) is 3.81. The Morgan fingerprint density at radius 1 is 1.04 bits per heavy atom. The van der Waals surface area contributed by atoms with Crippen LogP contribution in [-0.4, -0.2) is 58.4 Å². The van der Waals surface area contributed by atoms with Crippen molar-refractivity contribution in [1.29, 1.82) is 0 Å². The normalized spacial score (nSPS) is 16.1. The summed E-state index contributed by atoms with van der Waals surface area (Å²) in [6.07, 6.45) is -3.82. The van der Waals surface area contributed by atoms with Crippen LogP contribution >= 0.6 is 11.3 Å². The molecule has 5 rings (SSSR count). The summed E-state index contributed by atoms with van der Waals surface area (Å²) in [5, 5.41) is 20.1. The summed E-state index contributed by atoms with van der Waals surface area (Å²) in [6, 6.07) is 19.2. The molecule has 248 valence electrons. The van der Waals surface area contributed by atoms with Crippen LogP contribution in [0.2, 0.25) is 0 Å². The lowest BCUT2D eigenvalue weighted by molar-refractivity contribution is -0.274. The first kappa shape index (κ1) is 34.1. The van der Waals surface area contributed by atoms with Gasteiger partial charge in [-0.05, 0) is 80.1 Å². The standard InChI is InChI=1S/C35H37F3N4O4S/c1-22-14-26(18-27(15-22)34(45)42-13-7-12-30(42)33-40-23(2)21-47-33)32(44)41-29(17-24-8-4-3-5-9-24)31(43)20-39-19-25-10-6-11-28(16-25)46-35(36,37)38/h3-6,8-11,14-16,18,21,29-31,39,43H,7,12-13,17,19-20H2,1-2H3,(H,41,44)/t29-,30+,31-/m0/s1. The second kappa shape index (κ2) is 15.1. The molecule has 1 aliphatic rings. The van der Waals surface area contributed by atoms with Crippen molar-refractivity contribution >= 4 is 23.2 Å². The lowest BCUT2D eigenvalue weighted by atomic mass is 9.99. The number of aromatic nitrogens is 1. The number of benzene rings is 3. The van der Waals surface area contributed by atoms with Crippen LogP contribution in [0.25, 0.3) is 0 Å². The average molecular weight is 667 g/mol. The lowest BCUT2D eigenvalue weighted by Gasteiger charge is -2.26. The second-order valence-corrected chi connectivity index (χ2v) is 12.6. The Kier molecular flexibility index (Phi) is 10.9. The summed E-state index contributed by atoms with van der Waals surface area (Å²) in [7, 11) is 0. The van der Waals surface area contributed by atoms with E-state index in [0.717, 1.165) is 34.7 Å². The van der Waals surface area contributed by atoms with Crippen LogP contribution in [0, 0.1) is 13.8 Å². The number of thiazole rings is 1. The zero-order valence-corrected chi connectivity index (χ0v) is 26.9. The van der Waals surface area contributed by atoms with Gasteiger partial charge in [0.1, 0.15) is 10.8 Å². The van der Waals surface area contributed by atoms with Gasteiger partial charge in [0, 0.05) is 41.8 Å². The summed E-state index contributed by atoms with van der Waals surface area (Å²) < 4.78 is 41.9. The lowest BCUT2D eigenvalue weighted by Crippen LogP contribution is -2.48. The van der Waals surface area contributed by atoms with E-state index in [4.69, 9.17) is 0 Å². The molecule has 47 heavy (non-hydrogen) atoms. The molecule has 1 aliphatic heterocycles. The zero-order valence-electron chi connectivity index (χ0n) is 26.1. The third-order valence-corrected chi connectivity index (χ3v) is 8.98. The smallest absolute Gasteiger partial charge is 0.406 e. The highest BCUT2D eigenvalue weighted by Gasteiger charge is 2.33. The van der Waals surface area contributed by atoms with Crippen LogP contribution in [0.15, 0.2) is 78.2 Å². The van der Waals surface area contributed by atoms with E-state index >= 15 is 0 Å². The fraction of sp³-hybridized carbons (Fsp3) is 0.343. The first-order valence-electron chi connectivity index (χ1n) is 15.4. The number of halogens is 3. The summed E-state index contributed by atoms with van der Waals surface area (Å²) in [4.78, 5) is 33.8. The molecule has 4 aromatic rings. The van der Waals surface area contributed by atoms with Gasteiger partial charge in [0.25, 0.3) is 11.8 Å². The Morgan fingerprint density at radius 2 is 1.79 bits per heavy atom. The molecule has 0 spiro atoms. The maximum absolute atomic E-state index is 13.7. The van der Waals surface area contributed by atoms with Crippen LogP contribution in [-0.2, 0) is 13.0 Å². The number of nitrogens with one attached hydrogen (secondary N) is 2. The molecule has 0 radical (unpaired) electrons. The van der Waals surface area contributed by atoms with Crippen molar-refractivity contribution in [2.24, 2.45) is 0 Å². The molecule has 2 amide bonds. The van der Waals surface area contributed by atoms with Gasteiger partial charge in [-0.1, -0.05) is 42.5 Å². The summed E-state index contributed by atoms with van der Waals surface area (Å²) in [6.45, 7) is 4.58. The number of aliphatic hydroxyl groups excluding tert-OH is 1. The minimum absolute atomic E-state index is 0.0479. The molecule has 0 bridgehead atoms. The van der Waals surface area contributed by atoms with E-state index in [2.05, 4.69) is 20.4 Å². The van der Waals surface area contributed by atoms with Crippen molar-refractivity contribution in [2.75, 3.05) is 13.1 Å². The van der Waals surface area contributed by atoms with E-state index in [0.29, 0.717) is 29.7 Å². The van der Waals surface area contributed by atoms with Gasteiger partial charge in [0.2, 0.25) is 0 Å². The number of likely N-dealkylation sites (tertiary alicyclic amines) is 1. The molecule has 3 N–H and O–H groups in total. The number of alkyl halides is 3. The topological polar surface area (TPSA) is 104 Å². The van der Waals surface area contributed by atoms with Crippen LogP contribution in [0.3, 0.4) is 0 Å². The van der Waals surface area contributed by atoms with E-state index in [1.54, 1.807) is 35.6 Å². The zero-order chi connectivity index (χ0) is 33.6. The Bertz CT molecular complexity index is 1680. The highest BCUT2D eigenvalue weighted by molar-refractivity contribution is 7.09. The predicted molar refractivity (Wildman–Crippen MR) is 173 cm³/mol. The number of carbonyl (C=O) groups is 2. The minimum atomic E-state index is -4.80. The van der Waals surface area contributed by atoms with Gasteiger partial charge < -0.3 is 25.4 Å². The molecule has 1 saturated heterocycles. The average Bonchev–Trinajstić information content (AvgIpc) is 3.69. The van der Waals surface area contributed by atoms with Crippen LogP contribution in [0.4, 0.5) is 13.2 Å². The fourth-order valence-electron chi connectivity index (χ4n) is 5.76. The number of hydrogen-bond acceptors (Lipinski definition) is 7. The van der Waals surface area contributed by atoms with E-state index in [-0.39, 0.29) is 30.8 Å². The maximum atomic E-state index is 13.7. The molecule has 0 aliphatic carbocycles. The molecule has 3 aromatic carbocycles. The molecular formula is C35H37F3N4O4S. The van der Waals surface area contributed by atoms with Gasteiger partial charge >= 0.3 is 6.36 Å². The molecule has 1 fully saturated rings. The Hall–Kier alpha value is -4.26. The van der Waals surface area contributed by atoms with E-state index < -0.39 is 24.4 Å². The number of rotatable bonds is 12. The molecule has 1 aromatic heterocycles. The van der Waals surface area contributed by atoms with Gasteiger partial charge in [0.05, 0.1) is 18.2 Å². The molecule has 2 heterocycles. The van der Waals surface area contributed by atoms with Crippen molar-refractivity contribution < 1.29 is 32.6 Å². The van der Waals surface area contributed by atoms with E-state index in [1.165, 1.54) is 18.2 Å². The molecular weight excluding hydrogens is 629 g/mol. The number of amides is 2. The molecule has 0 unspecified atom stereocenters. The molecule has 12 heteroatoms. The van der Waals surface area contributed by atoms with Crippen molar-refractivity contribution in [2.45, 2.75) is 64.2 Å².